The molecular weight excluding hydrogens is 324 g/mol. The molecule has 1 heteroatoms. The van der Waals surface area contributed by atoms with Gasteiger partial charge in [0, 0.05) is 0 Å². The summed E-state index contributed by atoms with van der Waals surface area (Å²) < 4.78 is 0. The van der Waals surface area contributed by atoms with E-state index in [0.717, 1.165) is 0 Å². The van der Waals surface area contributed by atoms with Crippen LogP contribution >= 0.6 is 0 Å². The fraction of sp³-hybridized carbons (Fsp3) is 0.435. The van der Waals surface area contributed by atoms with E-state index in [-0.39, 0.29) is 21.7 Å². The topological polar surface area (TPSA) is 0 Å². The van der Waals surface area contributed by atoms with Gasteiger partial charge in [0.25, 0.3) is 0 Å². The second-order valence-electron chi connectivity index (χ2n) is 6.40. The van der Waals surface area contributed by atoms with Gasteiger partial charge in [0.2, 0.25) is 0 Å². The molecule has 0 heterocycles. The number of hydrogen-bond donors (Lipinski definition) is 0. The van der Waals surface area contributed by atoms with Crippen molar-refractivity contribution in [2.45, 2.75) is 52.4 Å². The summed E-state index contributed by atoms with van der Waals surface area (Å²) in [5.74, 6) is 1.11. The first-order valence-corrected chi connectivity index (χ1v) is 8.99. The third-order valence-corrected chi connectivity index (χ3v) is 3.83. The van der Waals surface area contributed by atoms with Gasteiger partial charge in [-0.2, -0.15) is 11.8 Å². The van der Waals surface area contributed by atoms with E-state index in [1.165, 1.54) is 44.1 Å². The third kappa shape index (κ3) is 13.7. The molecule has 0 aromatic rings. The van der Waals surface area contributed by atoms with Gasteiger partial charge in [0.15, 0.2) is 0 Å². The van der Waals surface area contributed by atoms with Crippen LogP contribution in [-0.2, 0) is 21.7 Å². The van der Waals surface area contributed by atoms with Crippen LogP contribution in [0.2, 0.25) is 0 Å². The fourth-order valence-electron chi connectivity index (χ4n) is 2.64. The maximum Gasteiger partial charge on any atom is 2.00 e. The number of hydrogen-bond acceptors (Lipinski definition) is 0. The van der Waals surface area contributed by atoms with Crippen LogP contribution in [0, 0.1) is 89.0 Å². The number of rotatable bonds is 1. The smallest absolute Gasteiger partial charge is 0.497 e. The summed E-state index contributed by atoms with van der Waals surface area (Å²) in [6.45, 7) is 8.65. The van der Waals surface area contributed by atoms with Crippen molar-refractivity contribution in [1.82, 2.24) is 0 Å². The molecule has 0 aromatic carbocycles. The Morgan fingerprint density at radius 3 is 1.62 bits per heavy atom. The van der Waals surface area contributed by atoms with Gasteiger partial charge in [-0.15, -0.1) is 0 Å². The van der Waals surface area contributed by atoms with Gasteiger partial charge in [-0.05, 0) is 64.2 Å². The Balaban J connectivity index is 0.000000393. The van der Waals surface area contributed by atoms with E-state index in [1.807, 2.05) is 64.2 Å². The van der Waals surface area contributed by atoms with E-state index in [0.29, 0.717) is 11.8 Å². The van der Waals surface area contributed by atoms with E-state index in [2.05, 4.69) is 26.8 Å². The molecule has 10 radical (unpaired) electrons. The zero-order chi connectivity index (χ0) is 16.8. The molecule has 24 heavy (non-hydrogen) atoms. The van der Waals surface area contributed by atoms with Gasteiger partial charge >= 0.3 is 21.7 Å². The van der Waals surface area contributed by atoms with E-state index >= 15 is 0 Å². The van der Waals surface area contributed by atoms with Gasteiger partial charge in [0.1, 0.15) is 0 Å². The van der Waals surface area contributed by atoms with Gasteiger partial charge in [-0.3, -0.25) is 5.57 Å². The molecule has 3 rings (SSSR count). The molecule has 0 bridgehead atoms. The van der Waals surface area contributed by atoms with Gasteiger partial charge in [-0.25, -0.2) is 0 Å². The molecule has 0 aliphatic heterocycles. The molecule has 0 N–H and O–H groups in total. The van der Waals surface area contributed by atoms with Crippen molar-refractivity contribution < 1.29 is 21.7 Å². The molecule has 0 saturated heterocycles. The van der Waals surface area contributed by atoms with Crippen LogP contribution in [0.5, 0.6) is 0 Å². The molecule has 3 aliphatic carbocycles. The summed E-state index contributed by atoms with van der Waals surface area (Å²) in [5, 5.41) is 0. The van der Waals surface area contributed by atoms with Crippen LogP contribution in [0.3, 0.4) is 0 Å². The first-order chi connectivity index (χ1) is 11.2. The molecule has 3 saturated carbocycles. The minimum Gasteiger partial charge on any atom is -0.497 e. The van der Waals surface area contributed by atoms with E-state index < -0.39 is 0 Å². The summed E-state index contributed by atoms with van der Waals surface area (Å²) in [6.07, 6.45) is 31.6. The summed E-state index contributed by atoms with van der Waals surface area (Å²) in [4.78, 5) is 0. The van der Waals surface area contributed by atoms with E-state index in [1.54, 1.807) is 0 Å². The normalized spacial score (nSPS) is 25.7. The van der Waals surface area contributed by atoms with Crippen molar-refractivity contribution in [3.05, 3.63) is 82.8 Å². The van der Waals surface area contributed by atoms with Gasteiger partial charge in [0.05, 0.1) is 0 Å². The quantitative estimate of drug-likeness (QED) is 0.387. The minimum atomic E-state index is 0. The van der Waals surface area contributed by atoms with Crippen LogP contribution in [0.1, 0.15) is 52.4 Å². The van der Waals surface area contributed by atoms with Crippen molar-refractivity contribution in [3.8, 4) is 0 Å². The first kappa shape index (κ1) is 24.5. The van der Waals surface area contributed by atoms with Crippen LogP contribution in [-0.4, -0.2) is 0 Å². The summed E-state index contributed by atoms with van der Waals surface area (Å²) >= 11 is 0. The molecule has 1 unspecified atom stereocenters. The Bertz CT molecular complexity index is 259. The van der Waals surface area contributed by atoms with Crippen LogP contribution in [0.25, 0.3) is 0 Å². The molecule has 3 aliphatic rings. The predicted molar refractivity (Wildman–Crippen MR) is 101 cm³/mol. The maximum atomic E-state index is 4.23. The Morgan fingerprint density at radius 1 is 0.792 bits per heavy atom. The SMILES string of the molecule is [CH2-]C1CCCCCCC1=[C-]C(C)C.[CH]1[CH][CH][CH][CH]1.[CH]1[CH][CH][CH][CH]1.[Ti+2]. The Morgan fingerprint density at radius 2 is 1.21 bits per heavy atom. The minimum absolute atomic E-state index is 0. The molecule has 0 amide bonds. The zero-order valence-electron chi connectivity index (χ0n) is 15.4. The van der Waals surface area contributed by atoms with Gasteiger partial charge < -0.3 is 13.0 Å². The van der Waals surface area contributed by atoms with E-state index in [9.17, 15) is 0 Å². The molecule has 0 aromatic heterocycles. The van der Waals surface area contributed by atoms with Crippen molar-refractivity contribution in [3.63, 3.8) is 0 Å². The fourth-order valence-corrected chi connectivity index (χ4v) is 2.64. The van der Waals surface area contributed by atoms with Crippen LogP contribution in [0.4, 0.5) is 0 Å². The van der Waals surface area contributed by atoms with Crippen LogP contribution < -0.4 is 0 Å². The molecule has 3 fully saturated rings. The molecule has 0 nitrogen and oxygen atoms in total. The largest absolute Gasteiger partial charge is 2.00 e. The third-order valence-electron chi connectivity index (χ3n) is 3.83. The first-order valence-electron chi connectivity index (χ1n) is 8.99. The Labute approximate surface area is 168 Å². The van der Waals surface area contributed by atoms with Crippen molar-refractivity contribution >= 4 is 0 Å². The Kier molecular flexibility index (Phi) is 17.2. The number of allylic oxidation sites excluding steroid dienone is 2. The second kappa shape index (κ2) is 16.9. The second-order valence-corrected chi connectivity index (χ2v) is 6.40. The molecule has 1 atom stereocenters. The summed E-state index contributed by atoms with van der Waals surface area (Å²) in [7, 11) is 0. The predicted octanol–water partition coefficient (Wildman–Crippen LogP) is 6.22. The van der Waals surface area contributed by atoms with Crippen molar-refractivity contribution in [2.75, 3.05) is 0 Å². The van der Waals surface area contributed by atoms with E-state index in [4.69, 9.17) is 0 Å². The standard InChI is InChI=1S/C13H22.2C5H5.Ti/c1-11(2)10-13-9-7-5-4-6-8-12(13)3;2*1-2-4-5-3-1;/h11-12H,3-9H2,1-2H3;2*1-5H;/q-2;;;+2. The molecular formula is C23H32Ti. The van der Waals surface area contributed by atoms with Crippen molar-refractivity contribution in [2.24, 2.45) is 11.8 Å². The monoisotopic (exact) mass is 356 g/mol. The molecule has 128 valence electrons. The summed E-state index contributed by atoms with van der Waals surface area (Å²) in [5.41, 5.74) is 1.50. The summed E-state index contributed by atoms with van der Waals surface area (Å²) in [6, 6.07) is 0. The van der Waals surface area contributed by atoms with Crippen molar-refractivity contribution in [1.29, 1.82) is 0 Å². The van der Waals surface area contributed by atoms with Crippen LogP contribution in [0.15, 0.2) is 5.57 Å². The average molecular weight is 356 g/mol. The average Bonchev–Trinajstić information content (AvgIpc) is 3.24. The Hall–Kier alpha value is 0.454. The zero-order valence-corrected chi connectivity index (χ0v) is 16.9. The molecule has 0 spiro atoms. The van der Waals surface area contributed by atoms with Gasteiger partial charge in [-0.1, -0.05) is 52.4 Å². The maximum absolute atomic E-state index is 4.23.